The summed E-state index contributed by atoms with van der Waals surface area (Å²) in [4.78, 5) is 12.3. The van der Waals surface area contributed by atoms with E-state index in [-0.39, 0.29) is 5.97 Å². The van der Waals surface area contributed by atoms with Crippen molar-refractivity contribution in [1.29, 1.82) is 5.26 Å². The van der Waals surface area contributed by atoms with Gasteiger partial charge in [-0.3, -0.25) is 0 Å². The summed E-state index contributed by atoms with van der Waals surface area (Å²) >= 11 is 0. The lowest BCUT2D eigenvalue weighted by molar-refractivity contribution is 0.0515. The Hall–Kier alpha value is -3.00. The lowest BCUT2D eigenvalue weighted by Gasteiger charge is -2.10. The monoisotopic (exact) mass is 307 g/mol. The topological polar surface area (TPSA) is 59.9 Å². The summed E-state index contributed by atoms with van der Waals surface area (Å²) in [6.45, 7) is 2.57. The van der Waals surface area contributed by atoms with E-state index in [1.54, 1.807) is 13.0 Å². The summed E-state index contributed by atoms with van der Waals surface area (Å²) in [6.07, 6.45) is 1.95. The van der Waals surface area contributed by atoms with Crippen LogP contribution in [-0.2, 0) is 18.3 Å². The lowest BCUT2D eigenvalue weighted by atomic mass is 10.1. The molecule has 0 unspecified atom stereocenters. The van der Waals surface area contributed by atoms with Gasteiger partial charge in [0.25, 0.3) is 0 Å². The Kier molecular flexibility index (Phi) is 3.90. The van der Waals surface area contributed by atoms with E-state index in [1.807, 2.05) is 52.7 Å². The summed E-state index contributed by atoms with van der Waals surface area (Å²) in [5, 5.41) is 9.27. The molecule has 116 valence electrons. The predicted octanol–water partition coefficient (Wildman–Crippen LogP) is 3.08. The van der Waals surface area contributed by atoms with E-state index in [2.05, 4.69) is 6.07 Å². The molecule has 0 fully saturated rings. The molecule has 0 bridgehead atoms. The van der Waals surface area contributed by atoms with E-state index in [1.165, 1.54) is 0 Å². The van der Waals surface area contributed by atoms with Gasteiger partial charge in [-0.05, 0) is 30.7 Å². The number of carbonyl (C=O) groups excluding carboxylic acids is 1. The Balaban J connectivity index is 2.13. The number of rotatable bonds is 4. The molecule has 2 aromatic heterocycles. The zero-order valence-corrected chi connectivity index (χ0v) is 13.1. The molecule has 0 spiro atoms. The number of fused-ring (bicyclic) bond motifs is 1. The van der Waals surface area contributed by atoms with E-state index < -0.39 is 0 Å². The number of aromatic nitrogens is 2. The van der Waals surface area contributed by atoms with Crippen LogP contribution in [0.2, 0.25) is 0 Å². The molecule has 0 aliphatic rings. The van der Waals surface area contributed by atoms with Crippen molar-refractivity contribution in [2.24, 2.45) is 7.05 Å². The molecular formula is C18H17N3O2. The van der Waals surface area contributed by atoms with Crippen LogP contribution in [0.15, 0.2) is 42.6 Å². The van der Waals surface area contributed by atoms with Gasteiger partial charge in [0.05, 0.1) is 29.3 Å². The molecule has 5 nitrogen and oxygen atoms in total. The fourth-order valence-electron chi connectivity index (χ4n) is 2.75. The first-order valence-corrected chi connectivity index (χ1v) is 7.45. The van der Waals surface area contributed by atoms with Crippen molar-refractivity contribution >= 4 is 17.0 Å². The Morgan fingerprint density at radius 1 is 1.26 bits per heavy atom. The van der Waals surface area contributed by atoms with Crippen molar-refractivity contribution < 1.29 is 9.53 Å². The number of nitriles is 1. The minimum Gasteiger partial charge on any atom is -0.461 e. The summed E-state index contributed by atoms with van der Waals surface area (Å²) < 4.78 is 9.04. The van der Waals surface area contributed by atoms with Crippen LogP contribution in [0.25, 0.3) is 11.0 Å². The number of carbonyl (C=O) groups is 1. The van der Waals surface area contributed by atoms with E-state index in [9.17, 15) is 10.1 Å². The number of ether oxygens (including phenoxy) is 1. The third kappa shape index (κ3) is 2.59. The zero-order valence-electron chi connectivity index (χ0n) is 13.1. The van der Waals surface area contributed by atoms with Crippen LogP contribution in [0.4, 0.5) is 0 Å². The van der Waals surface area contributed by atoms with Crippen LogP contribution >= 0.6 is 0 Å². The lowest BCUT2D eigenvalue weighted by Crippen LogP contribution is -2.13. The van der Waals surface area contributed by atoms with Crippen molar-refractivity contribution in [3.05, 3.63) is 59.4 Å². The first-order valence-electron chi connectivity index (χ1n) is 7.45. The molecule has 2 heterocycles. The molecule has 0 saturated carbocycles. The molecule has 5 heteroatoms. The minimum absolute atomic E-state index is 0.329. The van der Waals surface area contributed by atoms with E-state index in [0.717, 1.165) is 16.6 Å². The number of nitrogens with zero attached hydrogens (tertiary/aromatic N) is 3. The standard InChI is InChI=1S/C18H17N3O2/c1-3-23-18(22)17-10-16-15(8-9-20(16)2)21(17)12-14-7-5-4-6-13(14)11-19/h4-10H,3,12H2,1-2H3. The van der Waals surface area contributed by atoms with Crippen LogP contribution in [0, 0.1) is 11.3 Å². The maximum atomic E-state index is 12.3. The van der Waals surface area contributed by atoms with Gasteiger partial charge in [-0.1, -0.05) is 18.2 Å². The van der Waals surface area contributed by atoms with Crippen molar-refractivity contribution in [2.75, 3.05) is 6.61 Å². The highest BCUT2D eigenvalue weighted by molar-refractivity contribution is 5.95. The molecule has 0 aliphatic heterocycles. The zero-order chi connectivity index (χ0) is 16.4. The summed E-state index contributed by atoms with van der Waals surface area (Å²) in [5.41, 5.74) is 3.90. The molecule has 0 saturated heterocycles. The molecule has 0 radical (unpaired) electrons. The third-order valence-electron chi connectivity index (χ3n) is 3.90. The van der Waals surface area contributed by atoms with Gasteiger partial charge in [0.2, 0.25) is 0 Å². The van der Waals surface area contributed by atoms with Gasteiger partial charge in [-0.15, -0.1) is 0 Å². The SMILES string of the molecule is CCOC(=O)c1cc2c(ccn2C)n1Cc1ccccc1C#N. The summed E-state index contributed by atoms with van der Waals surface area (Å²) in [6, 6.07) is 13.4. The molecule has 0 amide bonds. The first-order chi connectivity index (χ1) is 11.2. The molecule has 3 rings (SSSR count). The largest absolute Gasteiger partial charge is 0.461 e. The van der Waals surface area contributed by atoms with Gasteiger partial charge in [-0.2, -0.15) is 5.26 Å². The number of hydrogen-bond donors (Lipinski definition) is 0. The van der Waals surface area contributed by atoms with Gasteiger partial charge >= 0.3 is 5.97 Å². The number of hydrogen-bond acceptors (Lipinski definition) is 3. The van der Waals surface area contributed by atoms with Crippen molar-refractivity contribution in [3.63, 3.8) is 0 Å². The fraction of sp³-hybridized carbons (Fsp3) is 0.222. The van der Waals surface area contributed by atoms with Crippen molar-refractivity contribution in [1.82, 2.24) is 9.13 Å². The van der Waals surface area contributed by atoms with Crippen molar-refractivity contribution in [2.45, 2.75) is 13.5 Å². The van der Waals surface area contributed by atoms with Crippen LogP contribution in [0.5, 0.6) is 0 Å². The normalized spacial score (nSPS) is 10.7. The smallest absolute Gasteiger partial charge is 0.355 e. The number of aryl methyl sites for hydroxylation is 1. The minimum atomic E-state index is -0.349. The Bertz CT molecular complexity index is 912. The maximum Gasteiger partial charge on any atom is 0.355 e. The van der Waals surface area contributed by atoms with Crippen LogP contribution < -0.4 is 0 Å². The molecule has 3 aromatic rings. The molecule has 0 aliphatic carbocycles. The molecule has 1 aromatic carbocycles. The maximum absolute atomic E-state index is 12.3. The average molecular weight is 307 g/mol. The van der Waals surface area contributed by atoms with Gasteiger partial charge in [0.1, 0.15) is 5.69 Å². The first kappa shape index (κ1) is 14.9. The Morgan fingerprint density at radius 3 is 2.78 bits per heavy atom. The second-order valence-electron chi connectivity index (χ2n) is 5.30. The van der Waals surface area contributed by atoms with Gasteiger partial charge in [0.15, 0.2) is 0 Å². The molecule has 0 atom stereocenters. The molecule has 0 N–H and O–H groups in total. The van der Waals surface area contributed by atoms with Crippen molar-refractivity contribution in [3.8, 4) is 6.07 Å². The van der Waals surface area contributed by atoms with Gasteiger partial charge in [0, 0.05) is 19.8 Å². The summed E-state index contributed by atoms with van der Waals surface area (Å²) in [7, 11) is 1.94. The van der Waals surface area contributed by atoms with E-state index in [0.29, 0.717) is 24.4 Å². The predicted molar refractivity (Wildman–Crippen MR) is 87.1 cm³/mol. The highest BCUT2D eigenvalue weighted by Gasteiger charge is 2.19. The Morgan fingerprint density at radius 2 is 2.04 bits per heavy atom. The number of benzene rings is 1. The summed E-state index contributed by atoms with van der Waals surface area (Å²) in [5.74, 6) is -0.349. The van der Waals surface area contributed by atoms with E-state index in [4.69, 9.17) is 4.74 Å². The highest BCUT2D eigenvalue weighted by Crippen LogP contribution is 2.23. The highest BCUT2D eigenvalue weighted by atomic mass is 16.5. The molecular weight excluding hydrogens is 290 g/mol. The van der Waals surface area contributed by atoms with Crippen LogP contribution in [0.3, 0.4) is 0 Å². The third-order valence-corrected chi connectivity index (χ3v) is 3.90. The van der Waals surface area contributed by atoms with Gasteiger partial charge < -0.3 is 13.9 Å². The second-order valence-corrected chi connectivity index (χ2v) is 5.30. The molecule has 23 heavy (non-hydrogen) atoms. The van der Waals surface area contributed by atoms with Gasteiger partial charge in [-0.25, -0.2) is 4.79 Å². The van der Waals surface area contributed by atoms with Crippen LogP contribution in [-0.4, -0.2) is 21.7 Å². The quantitative estimate of drug-likeness (QED) is 0.696. The number of esters is 1. The fourth-order valence-corrected chi connectivity index (χ4v) is 2.75. The average Bonchev–Trinajstić information content (AvgIpc) is 3.09. The Labute approximate surface area is 134 Å². The van der Waals surface area contributed by atoms with Crippen LogP contribution in [0.1, 0.15) is 28.5 Å². The van der Waals surface area contributed by atoms with E-state index >= 15 is 0 Å². The second kappa shape index (κ2) is 6.01.